The van der Waals surface area contributed by atoms with Crippen LogP contribution >= 0.6 is 0 Å². The van der Waals surface area contributed by atoms with E-state index >= 15 is 0 Å². The number of hydrogen-bond donors (Lipinski definition) is 1. The Labute approximate surface area is 152 Å². The molecule has 136 valence electrons. The Hall–Kier alpha value is -2.73. The first-order chi connectivity index (χ1) is 12.5. The maximum absolute atomic E-state index is 12.3. The smallest absolute Gasteiger partial charge is 0.269 e. The molecule has 1 fully saturated rings. The SMILES string of the molecule is O=C(CN1CCC(Cc2ccc([N+](=O)[O-])cc2)CC1)c1ccc(O)cc1. The number of benzene rings is 2. The average molecular weight is 354 g/mol. The molecule has 0 saturated carbocycles. The van der Waals surface area contributed by atoms with Crippen LogP contribution in [0.2, 0.25) is 0 Å². The van der Waals surface area contributed by atoms with E-state index in [9.17, 15) is 20.0 Å². The van der Waals surface area contributed by atoms with Gasteiger partial charge in [0.2, 0.25) is 0 Å². The van der Waals surface area contributed by atoms with Gasteiger partial charge in [-0.15, -0.1) is 0 Å². The Kier molecular flexibility index (Phi) is 5.63. The summed E-state index contributed by atoms with van der Waals surface area (Å²) < 4.78 is 0. The lowest BCUT2D eigenvalue weighted by Gasteiger charge is -2.31. The van der Waals surface area contributed by atoms with Gasteiger partial charge in [0.15, 0.2) is 5.78 Å². The molecule has 2 aromatic carbocycles. The molecule has 1 aliphatic heterocycles. The summed E-state index contributed by atoms with van der Waals surface area (Å²) in [6.07, 6.45) is 2.94. The predicted octanol–water partition coefficient (Wildman–Crippen LogP) is 3.44. The molecule has 0 radical (unpaired) electrons. The molecule has 2 aromatic rings. The van der Waals surface area contributed by atoms with Crippen molar-refractivity contribution in [2.75, 3.05) is 19.6 Å². The minimum Gasteiger partial charge on any atom is -0.508 e. The highest BCUT2D eigenvalue weighted by Gasteiger charge is 2.21. The van der Waals surface area contributed by atoms with E-state index in [-0.39, 0.29) is 22.1 Å². The number of aromatic hydroxyl groups is 1. The number of likely N-dealkylation sites (tertiary alicyclic amines) is 1. The van der Waals surface area contributed by atoms with Gasteiger partial charge in [-0.2, -0.15) is 0 Å². The van der Waals surface area contributed by atoms with Crippen LogP contribution in [0.5, 0.6) is 5.75 Å². The van der Waals surface area contributed by atoms with Crippen LogP contribution in [-0.4, -0.2) is 40.3 Å². The van der Waals surface area contributed by atoms with Gasteiger partial charge in [0.1, 0.15) is 5.75 Å². The fraction of sp³-hybridized carbons (Fsp3) is 0.350. The van der Waals surface area contributed by atoms with Crippen LogP contribution in [-0.2, 0) is 6.42 Å². The lowest BCUT2D eigenvalue weighted by molar-refractivity contribution is -0.384. The third-order valence-electron chi connectivity index (χ3n) is 4.94. The number of phenolic OH excluding ortho intramolecular Hbond substituents is 1. The summed E-state index contributed by atoms with van der Waals surface area (Å²) in [6.45, 7) is 2.15. The second kappa shape index (κ2) is 8.10. The summed E-state index contributed by atoms with van der Waals surface area (Å²) in [6, 6.07) is 13.1. The van der Waals surface area contributed by atoms with E-state index in [4.69, 9.17) is 0 Å². The van der Waals surface area contributed by atoms with Crippen molar-refractivity contribution in [2.24, 2.45) is 5.92 Å². The van der Waals surface area contributed by atoms with Crippen molar-refractivity contribution >= 4 is 11.5 Å². The second-order valence-electron chi connectivity index (χ2n) is 6.82. The van der Waals surface area contributed by atoms with Crippen LogP contribution in [0.15, 0.2) is 48.5 Å². The molecule has 0 spiro atoms. The second-order valence-corrected chi connectivity index (χ2v) is 6.82. The summed E-state index contributed by atoms with van der Waals surface area (Å²) in [7, 11) is 0. The van der Waals surface area contributed by atoms with Crippen molar-refractivity contribution < 1.29 is 14.8 Å². The number of rotatable bonds is 6. The molecule has 6 heteroatoms. The number of nitrogens with zero attached hydrogens (tertiary/aromatic N) is 2. The van der Waals surface area contributed by atoms with Crippen molar-refractivity contribution in [1.82, 2.24) is 4.90 Å². The highest BCUT2D eigenvalue weighted by Crippen LogP contribution is 2.23. The minimum atomic E-state index is -0.382. The molecular weight excluding hydrogens is 332 g/mol. The maximum Gasteiger partial charge on any atom is 0.269 e. The number of carbonyl (C=O) groups is 1. The Balaban J connectivity index is 1.47. The quantitative estimate of drug-likeness (QED) is 0.488. The van der Waals surface area contributed by atoms with Crippen molar-refractivity contribution in [3.63, 3.8) is 0 Å². The van der Waals surface area contributed by atoms with Gasteiger partial charge < -0.3 is 5.11 Å². The van der Waals surface area contributed by atoms with Crippen LogP contribution < -0.4 is 0 Å². The molecule has 0 aromatic heterocycles. The first kappa shape index (κ1) is 18.1. The number of nitro benzene ring substituents is 1. The largest absolute Gasteiger partial charge is 0.508 e. The lowest BCUT2D eigenvalue weighted by atomic mass is 9.90. The van der Waals surface area contributed by atoms with Gasteiger partial charge in [-0.3, -0.25) is 19.8 Å². The fourth-order valence-corrected chi connectivity index (χ4v) is 3.38. The van der Waals surface area contributed by atoms with Crippen molar-refractivity contribution in [3.8, 4) is 5.75 Å². The van der Waals surface area contributed by atoms with E-state index in [2.05, 4.69) is 4.90 Å². The van der Waals surface area contributed by atoms with Gasteiger partial charge in [0.25, 0.3) is 5.69 Å². The van der Waals surface area contributed by atoms with Crippen LogP contribution in [0.4, 0.5) is 5.69 Å². The van der Waals surface area contributed by atoms with Gasteiger partial charge in [-0.25, -0.2) is 0 Å². The van der Waals surface area contributed by atoms with Gasteiger partial charge >= 0.3 is 0 Å². The third kappa shape index (κ3) is 4.67. The molecule has 0 aliphatic carbocycles. The van der Waals surface area contributed by atoms with Gasteiger partial charge in [-0.1, -0.05) is 12.1 Å². The van der Waals surface area contributed by atoms with E-state index < -0.39 is 0 Å². The standard InChI is InChI=1S/C20H22N2O4/c23-19-7-3-17(4-8-19)20(24)14-21-11-9-16(10-12-21)13-15-1-5-18(6-2-15)22(25)26/h1-8,16,23H,9-14H2. The summed E-state index contributed by atoms with van der Waals surface area (Å²) >= 11 is 0. The van der Waals surface area contributed by atoms with Crippen LogP contribution in [0.3, 0.4) is 0 Å². The van der Waals surface area contributed by atoms with Gasteiger partial charge in [0, 0.05) is 17.7 Å². The summed E-state index contributed by atoms with van der Waals surface area (Å²) in [5.74, 6) is 0.768. The Bertz CT molecular complexity index is 763. The van der Waals surface area contributed by atoms with Gasteiger partial charge in [-0.05, 0) is 68.1 Å². The highest BCUT2D eigenvalue weighted by molar-refractivity contribution is 5.97. The topological polar surface area (TPSA) is 83.7 Å². The molecule has 1 heterocycles. The Morgan fingerprint density at radius 1 is 1.08 bits per heavy atom. The van der Waals surface area contributed by atoms with Crippen molar-refractivity contribution in [2.45, 2.75) is 19.3 Å². The van der Waals surface area contributed by atoms with Crippen LogP contribution in [0.25, 0.3) is 0 Å². The summed E-state index contributed by atoms with van der Waals surface area (Å²) in [5.41, 5.74) is 1.86. The lowest BCUT2D eigenvalue weighted by Crippen LogP contribution is -2.37. The zero-order valence-corrected chi connectivity index (χ0v) is 14.5. The normalized spacial score (nSPS) is 15.7. The fourth-order valence-electron chi connectivity index (χ4n) is 3.38. The zero-order chi connectivity index (χ0) is 18.5. The number of hydrogen-bond acceptors (Lipinski definition) is 5. The molecule has 3 rings (SSSR count). The van der Waals surface area contributed by atoms with Crippen LogP contribution in [0, 0.1) is 16.0 Å². The zero-order valence-electron chi connectivity index (χ0n) is 14.5. The highest BCUT2D eigenvalue weighted by atomic mass is 16.6. The van der Waals surface area contributed by atoms with E-state index in [1.165, 1.54) is 12.1 Å². The van der Waals surface area contributed by atoms with Gasteiger partial charge in [0.05, 0.1) is 11.5 Å². The predicted molar refractivity (Wildman–Crippen MR) is 98.4 cm³/mol. The summed E-state index contributed by atoms with van der Waals surface area (Å²) in [5, 5.41) is 20.0. The molecule has 0 atom stereocenters. The first-order valence-corrected chi connectivity index (χ1v) is 8.79. The molecule has 0 bridgehead atoms. The molecule has 26 heavy (non-hydrogen) atoms. The molecule has 0 amide bonds. The van der Waals surface area contributed by atoms with E-state index in [1.807, 2.05) is 12.1 Å². The monoisotopic (exact) mass is 354 g/mol. The Morgan fingerprint density at radius 3 is 2.27 bits per heavy atom. The number of ketones is 1. The van der Waals surface area contributed by atoms with E-state index in [1.54, 1.807) is 24.3 Å². The number of carbonyl (C=O) groups excluding carboxylic acids is 1. The van der Waals surface area contributed by atoms with E-state index in [0.717, 1.165) is 37.9 Å². The van der Waals surface area contributed by atoms with E-state index in [0.29, 0.717) is 18.0 Å². The number of nitro groups is 1. The molecular formula is C20H22N2O4. The van der Waals surface area contributed by atoms with Crippen molar-refractivity contribution in [3.05, 3.63) is 69.8 Å². The number of phenols is 1. The maximum atomic E-state index is 12.3. The van der Waals surface area contributed by atoms with Crippen LogP contribution in [0.1, 0.15) is 28.8 Å². The average Bonchev–Trinajstić information content (AvgIpc) is 2.64. The Morgan fingerprint density at radius 2 is 1.69 bits per heavy atom. The first-order valence-electron chi connectivity index (χ1n) is 8.79. The number of Topliss-reactive ketones (excluding diaryl/α,β-unsaturated/α-hetero) is 1. The minimum absolute atomic E-state index is 0.0684. The number of non-ortho nitro benzene ring substituents is 1. The van der Waals surface area contributed by atoms with Crippen molar-refractivity contribution in [1.29, 1.82) is 0 Å². The molecule has 1 N–H and O–H groups in total. The molecule has 6 nitrogen and oxygen atoms in total. The summed E-state index contributed by atoms with van der Waals surface area (Å²) in [4.78, 5) is 24.8. The molecule has 1 aliphatic rings. The molecule has 1 saturated heterocycles. The molecule has 0 unspecified atom stereocenters. The number of piperidine rings is 1. The third-order valence-corrected chi connectivity index (χ3v) is 4.94.